The molecule has 104 valence electrons. The molecule has 0 heterocycles. The smallest absolute Gasteiger partial charge is 0.208 e. The molecule has 0 saturated heterocycles. The number of hydrogen-bond acceptors (Lipinski definition) is 2. The maximum absolute atomic E-state index is 10.5. The summed E-state index contributed by atoms with van der Waals surface area (Å²) in [6, 6.07) is 20.6. The monoisotopic (exact) mass is 268 g/mol. The van der Waals surface area contributed by atoms with Gasteiger partial charge in [0.15, 0.2) is 0 Å². The highest BCUT2D eigenvalue weighted by molar-refractivity contribution is 5.46. The van der Waals surface area contributed by atoms with E-state index in [4.69, 9.17) is 0 Å². The van der Waals surface area contributed by atoms with Gasteiger partial charge >= 0.3 is 0 Å². The molecule has 0 bridgehead atoms. The van der Waals surface area contributed by atoms with Crippen molar-refractivity contribution in [2.24, 2.45) is 0 Å². The van der Waals surface area contributed by atoms with E-state index < -0.39 is 0 Å². The number of hydrogen-bond donors (Lipinski definition) is 2. The predicted molar refractivity (Wildman–Crippen MR) is 81.2 cm³/mol. The summed E-state index contributed by atoms with van der Waals surface area (Å²) in [7, 11) is 0. The Balaban J connectivity index is 2.43. The van der Waals surface area contributed by atoms with Crippen LogP contribution in [0.1, 0.15) is 24.5 Å². The minimum Gasteiger partial charge on any atom is -0.346 e. The van der Waals surface area contributed by atoms with Crippen LogP contribution >= 0.6 is 0 Å². The van der Waals surface area contributed by atoms with Crippen molar-refractivity contribution in [1.82, 2.24) is 10.6 Å². The van der Waals surface area contributed by atoms with Gasteiger partial charge < -0.3 is 5.32 Å². The molecule has 2 aromatic rings. The van der Waals surface area contributed by atoms with E-state index in [1.54, 1.807) is 0 Å². The molecule has 0 spiro atoms. The normalized spacial score (nSPS) is 11.1. The Morgan fingerprint density at radius 3 is 1.85 bits per heavy atom. The van der Waals surface area contributed by atoms with Crippen LogP contribution in [0.5, 0.6) is 0 Å². The highest BCUT2D eigenvalue weighted by Crippen LogP contribution is 2.32. The van der Waals surface area contributed by atoms with Gasteiger partial charge in [-0.1, -0.05) is 67.6 Å². The molecule has 1 amide bonds. The standard InChI is InChI=1S/C17H20N2O/c1-2-17(19-13-18-14-20,15-9-5-3-6-10-15)16-11-7-4-8-12-16/h3-12,14,19H,2,13H2,1H3,(H,18,20). The van der Waals surface area contributed by atoms with Crippen LogP contribution in [0.3, 0.4) is 0 Å². The van der Waals surface area contributed by atoms with Crippen LogP contribution in [-0.4, -0.2) is 13.1 Å². The predicted octanol–water partition coefficient (Wildman–Crippen LogP) is 2.63. The summed E-state index contributed by atoms with van der Waals surface area (Å²) >= 11 is 0. The van der Waals surface area contributed by atoms with E-state index in [0.717, 1.165) is 6.42 Å². The summed E-state index contributed by atoms with van der Waals surface area (Å²) in [6.07, 6.45) is 1.60. The lowest BCUT2D eigenvalue weighted by molar-refractivity contribution is -0.109. The fourth-order valence-electron chi connectivity index (χ4n) is 2.59. The van der Waals surface area contributed by atoms with Crippen molar-refractivity contribution in [3.05, 3.63) is 71.8 Å². The van der Waals surface area contributed by atoms with E-state index >= 15 is 0 Å². The number of benzene rings is 2. The quantitative estimate of drug-likeness (QED) is 0.460. The second-order valence-electron chi connectivity index (χ2n) is 4.67. The Labute approximate surface area is 120 Å². The molecule has 3 nitrogen and oxygen atoms in total. The van der Waals surface area contributed by atoms with Crippen molar-refractivity contribution in [1.29, 1.82) is 0 Å². The minimum absolute atomic E-state index is 0.293. The van der Waals surface area contributed by atoms with E-state index in [9.17, 15) is 4.79 Å². The molecule has 0 aliphatic rings. The summed E-state index contributed by atoms with van der Waals surface area (Å²) in [5, 5.41) is 6.16. The van der Waals surface area contributed by atoms with Crippen molar-refractivity contribution in [3.63, 3.8) is 0 Å². The van der Waals surface area contributed by atoms with Crippen LogP contribution in [0, 0.1) is 0 Å². The zero-order chi connectivity index (χ0) is 14.3. The Bertz CT molecular complexity index is 486. The Hall–Kier alpha value is -2.13. The van der Waals surface area contributed by atoms with Crippen molar-refractivity contribution in [2.45, 2.75) is 18.9 Å². The fraction of sp³-hybridized carbons (Fsp3) is 0.235. The van der Waals surface area contributed by atoms with Gasteiger partial charge in [0.05, 0.1) is 12.2 Å². The molecule has 0 aliphatic heterocycles. The summed E-state index contributed by atoms with van der Waals surface area (Å²) in [4.78, 5) is 10.5. The van der Waals surface area contributed by atoms with Gasteiger partial charge in [0.2, 0.25) is 6.41 Å². The average Bonchev–Trinajstić information content (AvgIpc) is 2.54. The Morgan fingerprint density at radius 2 is 1.45 bits per heavy atom. The van der Waals surface area contributed by atoms with Gasteiger partial charge in [-0.2, -0.15) is 0 Å². The first-order valence-electron chi connectivity index (χ1n) is 6.86. The number of carbonyl (C=O) groups excluding carboxylic acids is 1. The van der Waals surface area contributed by atoms with Crippen LogP contribution < -0.4 is 10.6 Å². The lowest BCUT2D eigenvalue weighted by atomic mass is 9.80. The molecular formula is C17H20N2O. The molecule has 0 aliphatic carbocycles. The van der Waals surface area contributed by atoms with Gasteiger partial charge in [0.25, 0.3) is 0 Å². The zero-order valence-electron chi connectivity index (χ0n) is 11.7. The van der Waals surface area contributed by atoms with E-state index in [1.807, 2.05) is 36.4 Å². The number of nitrogens with one attached hydrogen (secondary N) is 2. The second kappa shape index (κ2) is 6.87. The summed E-state index contributed by atoms with van der Waals surface area (Å²) in [5.41, 5.74) is 2.10. The van der Waals surface area contributed by atoms with Crippen molar-refractivity contribution in [3.8, 4) is 0 Å². The third kappa shape index (κ3) is 2.89. The topological polar surface area (TPSA) is 41.1 Å². The minimum atomic E-state index is -0.293. The molecule has 20 heavy (non-hydrogen) atoms. The summed E-state index contributed by atoms with van der Waals surface area (Å²) in [6.45, 7) is 2.58. The summed E-state index contributed by atoms with van der Waals surface area (Å²) in [5.74, 6) is 0. The van der Waals surface area contributed by atoms with Gasteiger partial charge in [-0.05, 0) is 17.5 Å². The van der Waals surface area contributed by atoms with Crippen LogP contribution in [0.25, 0.3) is 0 Å². The molecular weight excluding hydrogens is 248 g/mol. The molecule has 0 unspecified atom stereocenters. The molecule has 2 aromatic carbocycles. The molecule has 0 saturated carbocycles. The highest BCUT2D eigenvalue weighted by atomic mass is 16.1. The van der Waals surface area contributed by atoms with Crippen LogP contribution in [0.4, 0.5) is 0 Å². The highest BCUT2D eigenvalue weighted by Gasteiger charge is 2.31. The first-order valence-corrected chi connectivity index (χ1v) is 6.86. The lowest BCUT2D eigenvalue weighted by Gasteiger charge is -2.35. The van der Waals surface area contributed by atoms with Gasteiger partial charge in [0, 0.05) is 0 Å². The SMILES string of the molecule is CCC(NCNC=O)(c1ccccc1)c1ccccc1. The maximum Gasteiger partial charge on any atom is 0.208 e. The van der Waals surface area contributed by atoms with Crippen LogP contribution in [0.15, 0.2) is 60.7 Å². The molecule has 2 N–H and O–H groups in total. The first kappa shape index (κ1) is 14.3. The average molecular weight is 268 g/mol. The number of amides is 1. The molecule has 0 fully saturated rings. The third-order valence-electron chi connectivity index (χ3n) is 3.64. The second-order valence-corrected chi connectivity index (χ2v) is 4.67. The Kier molecular flexibility index (Phi) is 4.91. The fourth-order valence-corrected chi connectivity index (χ4v) is 2.59. The maximum atomic E-state index is 10.5. The van der Waals surface area contributed by atoms with E-state index in [2.05, 4.69) is 41.8 Å². The third-order valence-corrected chi connectivity index (χ3v) is 3.64. The lowest BCUT2D eigenvalue weighted by Crippen LogP contribution is -2.46. The van der Waals surface area contributed by atoms with Crippen LogP contribution in [0.2, 0.25) is 0 Å². The zero-order valence-corrected chi connectivity index (χ0v) is 11.7. The van der Waals surface area contributed by atoms with Crippen molar-refractivity contribution < 1.29 is 4.79 Å². The molecule has 0 atom stereocenters. The van der Waals surface area contributed by atoms with Crippen LogP contribution in [-0.2, 0) is 10.3 Å². The largest absolute Gasteiger partial charge is 0.346 e. The van der Waals surface area contributed by atoms with Crippen molar-refractivity contribution in [2.75, 3.05) is 6.67 Å². The Morgan fingerprint density at radius 1 is 0.950 bits per heavy atom. The van der Waals surface area contributed by atoms with Gasteiger partial charge in [-0.15, -0.1) is 0 Å². The van der Waals surface area contributed by atoms with Gasteiger partial charge in [-0.3, -0.25) is 10.1 Å². The summed E-state index contributed by atoms with van der Waals surface area (Å²) < 4.78 is 0. The van der Waals surface area contributed by atoms with Gasteiger partial charge in [-0.25, -0.2) is 0 Å². The molecule has 2 rings (SSSR count). The van der Waals surface area contributed by atoms with Crippen molar-refractivity contribution >= 4 is 6.41 Å². The van der Waals surface area contributed by atoms with E-state index in [-0.39, 0.29) is 5.54 Å². The molecule has 0 aromatic heterocycles. The number of rotatable bonds is 7. The number of carbonyl (C=O) groups is 1. The van der Waals surface area contributed by atoms with E-state index in [0.29, 0.717) is 13.1 Å². The van der Waals surface area contributed by atoms with E-state index in [1.165, 1.54) is 11.1 Å². The first-order chi connectivity index (χ1) is 9.83. The molecule has 0 radical (unpaired) electrons. The molecule has 3 heteroatoms. The van der Waals surface area contributed by atoms with Gasteiger partial charge in [0.1, 0.15) is 0 Å².